The Hall–Kier alpha value is -1.31. The van der Waals surface area contributed by atoms with E-state index < -0.39 is 0 Å². The lowest BCUT2D eigenvalue weighted by molar-refractivity contribution is 0.318. The van der Waals surface area contributed by atoms with Crippen molar-refractivity contribution in [1.29, 1.82) is 0 Å². The molecule has 0 bridgehead atoms. The molecule has 0 radical (unpaired) electrons. The van der Waals surface area contributed by atoms with Gasteiger partial charge in [0.05, 0.1) is 5.71 Å². The third-order valence-electron chi connectivity index (χ3n) is 2.15. The maximum atomic E-state index is 8.69. The standard InChI is InChI=1S/C11H15NO/c1-3-9-5-7-10(8-6-9)11(4-2)12-13/h5-8,13H,3-4H2,1-2H3. The van der Waals surface area contributed by atoms with E-state index in [1.807, 2.05) is 19.1 Å². The molecule has 1 aromatic rings. The molecule has 0 saturated heterocycles. The van der Waals surface area contributed by atoms with Crippen molar-refractivity contribution >= 4 is 5.71 Å². The van der Waals surface area contributed by atoms with Gasteiger partial charge in [-0.05, 0) is 24.0 Å². The van der Waals surface area contributed by atoms with E-state index in [0.29, 0.717) is 0 Å². The molecule has 0 fully saturated rings. The zero-order valence-corrected chi connectivity index (χ0v) is 8.12. The van der Waals surface area contributed by atoms with Crippen LogP contribution in [0.4, 0.5) is 0 Å². The van der Waals surface area contributed by atoms with E-state index >= 15 is 0 Å². The van der Waals surface area contributed by atoms with Crippen LogP contribution in [0.1, 0.15) is 31.4 Å². The fourth-order valence-electron chi connectivity index (χ4n) is 1.27. The fourth-order valence-corrected chi connectivity index (χ4v) is 1.27. The van der Waals surface area contributed by atoms with Crippen molar-refractivity contribution in [3.63, 3.8) is 0 Å². The molecular weight excluding hydrogens is 162 g/mol. The lowest BCUT2D eigenvalue weighted by Crippen LogP contribution is -1.98. The third kappa shape index (κ3) is 2.31. The third-order valence-corrected chi connectivity index (χ3v) is 2.15. The highest BCUT2D eigenvalue weighted by atomic mass is 16.4. The molecular formula is C11H15NO. The summed E-state index contributed by atoms with van der Waals surface area (Å²) in [6.45, 7) is 4.10. The highest BCUT2D eigenvalue weighted by Crippen LogP contribution is 2.07. The average molecular weight is 177 g/mol. The van der Waals surface area contributed by atoms with E-state index in [-0.39, 0.29) is 0 Å². The first-order valence-corrected chi connectivity index (χ1v) is 4.62. The van der Waals surface area contributed by atoms with Gasteiger partial charge >= 0.3 is 0 Å². The largest absolute Gasteiger partial charge is 0.411 e. The Morgan fingerprint density at radius 3 is 2.23 bits per heavy atom. The zero-order chi connectivity index (χ0) is 9.68. The van der Waals surface area contributed by atoms with Crippen LogP contribution in [-0.2, 0) is 6.42 Å². The van der Waals surface area contributed by atoms with Gasteiger partial charge in [0.2, 0.25) is 0 Å². The molecule has 1 aromatic carbocycles. The molecule has 1 rings (SSSR count). The van der Waals surface area contributed by atoms with E-state index in [1.54, 1.807) is 0 Å². The second kappa shape index (κ2) is 4.65. The monoisotopic (exact) mass is 177 g/mol. The minimum absolute atomic E-state index is 0.739. The van der Waals surface area contributed by atoms with Crippen LogP contribution < -0.4 is 0 Å². The summed E-state index contributed by atoms with van der Waals surface area (Å²) >= 11 is 0. The van der Waals surface area contributed by atoms with Crippen molar-refractivity contribution in [3.05, 3.63) is 35.4 Å². The molecule has 0 aromatic heterocycles. The molecule has 1 N–H and O–H groups in total. The number of rotatable bonds is 3. The van der Waals surface area contributed by atoms with Crippen LogP contribution in [0.5, 0.6) is 0 Å². The van der Waals surface area contributed by atoms with Crippen molar-refractivity contribution in [3.8, 4) is 0 Å². The first kappa shape index (κ1) is 9.78. The van der Waals surface area contributed by atoms with Gasteiger partial charge in [-0.1, -0.05) is 43.3 Å². The van der Waals surface area contributed by atoms with Crippen molar-refractivity contribution in [1.82, 2.24) is 0 Å². The highest BCUT2D eigenvalue weighted by Gasteiger charge is 2.00. The summed E-state index contributed by atoms with van der Waals surface area (Å²) in [7, 11) is 0. The van der Waals surface area contributed by atoms with Gasteiger partial charge < -0.3 is 5.21 Å². The predicted molar refractivity (Wildman–Crippen MR) is 54.4 cm³/mol. The summed E-state index contributed by atoms with van der Waals surface area (Å²) in [6, 6.07) is 8.13. The number of hydrogen-bond acceptors (Lipinski definition) is 2. The van der Waals surface area contributed by atoms with Crippen LogP contribution in [-0.4, -0.2) is 10.9 Å². The SMILES string of the molecule is CCC(=NO)c1ccc(CC)cc1. The predicted octanol–water partition coefficient (Wildman–Crippen LogP) is 2.84. The molecule has 0 unspecified atom stereocenters. The minimum Gasteiger partial charge on any atom is -0.411 e. The van der Waals surface area contributed by atoms with Crippen molar-refractivity contribution in [2.75, 3.05) is 0 Å². The van der Waals surface area contributed by atoms with E-state index in [9.17, 15) is 0 Å². The number of aryl methyl sites for hydroxylation is 1. The number of nitrogens with zero attached hydrogens (tertiary/aromatic N) is 1. The van der Waals surface area contributed by atoms with Gasteiger partial charge in [-0.25, -0.2) is 0 Å². The van der Waals surface area contributed by atoms with Gasteiger partial charge in [0, 0.05) is 0 Å². The fraction of sp³-hybridized carbons (Fsp3) is 0.364. The Balaban J connectivity index is 2.91. The molecule has 0 aliphatic carbocycles. The Kier molecular flexibility index (Phi) is 3.50. The van der Waals surface area contributed by atoms with Gasteiger partial charge in [0.15, 0.2) is 0 Å². The van der Waals surface area contributed by atoms with E-state index in [0.717, 1.165) is 24.1 Å². The first-order valence-electron chi connectivity index (χ1n) is 4.62. The molecule has 0 aliphatic rings. The smallest absolute Gasteiger partial charge is 0.0865 e. The highest BCUT2D eigenvalue weighted by molar-refractivity contribution is 5.99. The maximum Gasteiger partial charge on any atom is 0.0865 e. The second-order valence-corrected chi connectivity index (χ2v) is 2.95. The Bertz CT molecular complexity index is 287. The van der Waals surface area contributed by atoms with Crippen LogP contribution in [0.15, 0.2) is 29.4 Å². The molecule has 2 heteroatoms. The quantitative estimate of drug-likeness (QED) is 0.430. The summed E-state index contributed by atoms with van der Waals surface area (Å²) < 4.78 is 0. The zero-order valence-electron chi connectivity index (χ0n) is 8.12. The summed E-state index contributed by atoms with van der Waals surface area (Å²) in [6.07, 6.45) is 1.79. The average Bonchev–Trinajstić information content (AvgIpc) is 2.21. The van der Waals surface area contributed by atoms with Crippen molar-refractivity contribution < 1.29 is 5.21 Å². The lowest BCUT2D eigenvalue weighted by atomic mass is 10.1. The first-order chi connectivity index (χ1) is 6.31. The van der Waals surface area contributed by atoms with Gasteiger partial charge in [0.1, 0.15) is 0 Å². The molecule has 0 heterocycles. The van der Waals surface area contributed by atoms with Crippen LogP contribution in [0.3, 0.4) is 0 Å². The molecule has 0 aliphatic heterocycles. The number of benzene rings is 1. The van der Waals surface area contributed by atoms with Crippen LogP contribution in [0, 0.1) is 0 Å². The minimum atomic E-state index is 0.739. The van der Waals surface area contributed by atoms with Gasteiger partial charge in [-0.2, -0.15) is 0 Å². The second-order valence-electron chi connectivity index (χ2n) is 2.95. The van der Waals surface area contributed by atoms with Gasteiger partial charge in [0.25, 0.3) is 0 Å². The van der Waals surface area contributed by atoms with Gasteiger partial charge in [-0.15, -0.1) is 0 Å². The molecule has 0 saturated carbocycles. The van der Waals surface area contributed by atoms with Crippen LogP contribution >= 0.6 is 0 Å². The molecule has 0 atom stereocenters. The Morgan fingerprint density at radius 2 is 1.85 bits per heavy atom. The topological polar surface area (TPSA) is 32.6 Å². The Morgan fingerprint density at radius 1 is 1.23 bits per heavy atom. The lowest BCUT2D eigenvalue weighted by Gasteiger charge is -2.02. The summed E-state index contributed by atoms with van der Waals surface area (Å²) in [5, 5.41) is 11.9. The number of oxime groups is 1. The van der Waals surface area contributed by atoms with Gasteiger partial charge in [-0.3, -0.25) is 0 Å². The van der Waals surface area contributed by atoms with E-state index in [2.05, 4.69) is 24.2 Å². The molecule has 2 nitrogen and oxygen atoms in total. The van der Waals surface area contributed by atoms with Crippen molar-refractivity contribution in [2.24, 2.45) is 5.16 Å². The normalized spacial score (nSPS) is 11.7. The summed E-state index contributed by atoms with van der Waals surface area (Å²) in [4.78, 5) is 0. The summed E-state index contributed by atoms with van der Waals surface area (Å²) in [5.74, 6) is 0. The number of hydrogen-bond donors (Lipinski definition) is 1. The van der Waals surface area contributed by atoms with Crippen LogP contribution in [0.2, 0.25) is 0 Å². The Labute approximate surface area is 78.9 Å². The maximum absolute atomic E-state index is 8.69. The molecule has 13 heavy (non-hydrogen) atoms. The molecule has 0 spiro atoms. The van der Waals surface area contributed by atoms with Crippen LogP contribution in [0.25, 0.3) is 0 Å². The molecule has 0 amide bonds. The molecule has 70 valence electrons. The summed E-state index contributed by atoms with van der Waals surface area (Å²) in [5.41, 5.74) is 3.04. The van der Waals surface area contributed by atoms with Crippen molar-refractivity contribution in [2.45, 2.75) is 26.7 Å². The van der Waals surface area contributed by atoms with E-state index in [4.69, 9.17) is 5.21 Å². The van der Waals surface area contributed by atoms with E-state index in [1.165, 1.54) is 5.56 Å².